The summed E-state index contributed by atoms with van der Waals surface area (Å²) >= 11 is 5.86. The first-order valence-corrected chi connectivity index (χ1v) is 9.30. The van der Waals surface area contributed by atoms with E-state index in [2.05, 4.69) is 15.3 Å². The van der Waals surface area contributed by atoms with Gasteiger partial charge < -0.3 is 10.3 Å². The standard InChI is InChI=1S/C14H18ClN3O2S/c15-13-2-1-12-10(9-17-14(12)18-13)3-6-16-11-4-7-21(19,20)8-5-11/h1-2,9,11,16H,3-8H2,(H,17,18). The van der Waals surface area contributed by atoms with E-state index in [1.165, 1.54) is 5.56 Å². The molecule has 0 radical (unpaired) electrons. The first kappa shape index (κ1) is 14.8. The molecule has 1 aliphatic rings. The molecule has 0 bridgehead atoms. The second-order valence-electron chi connectivity index (χ2n) is 5.47. The smallest absolute Gasteiger partial charge is 0.150 e. The van der Waals surface area contributed by atoms with Gasteiger partial charge in [0.25, 0.3) is 0 Å². The lowest BCUT2D eigenvalue weighted by molar-refractivity contribution is 0.467. The summed E-state index contributed by atoms with van der Waals surface area (Å²) in [6.07, 6.45) is 4.27. The van der Waals surface area contributed by atoms with Gasteiger partial charge in [-0.2, -0.15) is 0 Å². The van der Waals surface area contributed by atoms with E-state index in [1.54, 1.807) is 6.07 Å². The molecular weight excluding hydrogens is 310 g/mol. The zero-order valence-electron chi connectivity index (χ0n) is 11.6. The molecule has 21 heavy (non-hydrogen) atoms. The summed E-state index contributed by atoms with van der Waals surface area (Å²) in [6, 6.07) is 4.08. The molecule has 3 heterocycles. The van der Waals surface area contributed by atoms with Crippen LogP contribution in [0, 0.1) is 0 Å². The van der Waals surface area contributed by atoms with Gasteiger partial charge in [0, 0.05) is 17.6 Å². The third kappa shape index (κ3) is 3.56. The minimum atomic E-state index is -2.78. The molecule has 0 amide bonds. The Hall–Kier alpha value is -1.11. The number of halogens is 1. The fourth-order valence-corrected chi connectivity index (χ4v) is 4.39. The number of rotatable bonds is 4. The van der Waals surface area contributed by atoms with Crippen LogP contribution < -0.4 is 5.32 Å². The van der Waals surface area contributed by atoms with Crippen molar-refractivity contribution in [1.82, 2.24) is 15.3 Å². The van der Waals surface area contributed by atoms with Crippen LogP contribution in [-0.2, 0) is 16.3 Å². The second kappa shape index (κ2) is 5.94. The number of aromatic amines is 1. The molecule has 3 rings (SSSR count). The van der Waals surface area contributed by atoms with E-state index in [4.69, 9.17) is 11.6 Å². The minimum Gasteiger partial charge on any atom is -0.346 e. The highest BCUT2D eigenvalue weighted by Crippen LogP contribution is 2.19. The molecule has 0 unspecified atom stereocenters. The predicted octanol–water partition coefficient (Wildman–Crippen LogP) is 1.93. The van der Waals surface area contributed by atoms with Crippen LogP contribution in [0.25, 0.3) is 11.0 Å². The van der Waals surface area contributed by atoms with Gasteiger partial charge in [0.15, 0.2) is 0 Å². The van der Waals surface area contributed by atoms with Gasteiger partial charge in [-0.3, -0.25) is 0 Å². The molecule has 2 N–H and O–H groups in total. The molecule has 5 nitrogen and oxygen atoms in total. The molecule has 1 aliphatic heterocycles. The van der Waals surface area contributed by atoms with Crippen molar-refractivity contribution in [2.75, 3.05) is 18.1 Å². The molecule has 7 heteroatoms. The largest absolute Gasteiger partial charge is 0.346 e. The fraction of sp³-hybridized carbons (Fsp3) is 0.500. The van der Waals surface area contributed by atoms with Gasteiger partial charge in [-0.25, -0.2) is 13.4 Å². The number of nitrogens with one attached hydrogen (secondary N) is 2. The van der Waals surface area contributed by atoms with Crippen molar-refractivity contribution in [3.8, 4) is 0 Å². The monoisotopic (exact) mass is 327 g/mol. The topological polar surface area (TPSA) is 74.8 Å². The predicted molar refractivity (Wildman–Crippen MR) is 84.5 cm³/mol. The molecule has 0 atom stereocenters. The van der Waals surface area contributed by atoms with E-state index in [0.717, 1.165) is 24.0 Å². The second-order valence-corrected chi connectivity index (χ2v) is 8.17. The van der Waals surface area contributed by atoms with E-state index >= 15 is 0 Å². The van der Waals surface area contributed by atoms with Crippen LogP contribution in [0.4, 0.5) is 0 Å². The summed E-state index contributed by atoms with van der Waals surface area (Å²) in [4.78, 5) is 7.36. The van der Waals surface area contributed by atoms with E-state index in [1.807, 2.05) is 12.3 Å². The third-order valence-corrected chi connectivity index (χ3v) is 5.90. The van der Waals surface area contributed by atoms with Crippen molar-refractivity contribution in [3.63, 3.8) is 0 Å². The Kier molecular flexibility index (Phi) is 4.19. The highest BCUT2D eigenvalue weighted by Gasteiger charge is 2.22. The SMILES string of the molecule is O=S1(=O)CCC(NCCc2c[nH]c3nc(Cl)ccc23)CC1. The minimum absolute atomic E-state index is 0.306. The lowest BCUT2D eigenvalue weighted by Gasteiger charge is -2.23. The maximum absolute atomic E-state index is 11.4. The van der Waals surface area contributed by atoms with Gasteiger partial charge in [-0.1, -0.05) is 11.6 Å². The molecule has 2 aromatic heterocycles. The van der Waals surface area contributed by atoms with Crippen LogP contribution >= 0.6 is 11.6 Å². The number of pyridine rings is 1. The number of fused-ring (bicyclic) bond motifs is 1. The first-order chi connectivity index (χ1) is 10.0. The Balaban J connectivity index is 1.55. The van der Waals surface area contributed by atoms with Crippen LogP contribution in [0.3, 0.4) is 0 Å². The fourth-order valence-electron chi connectivity index (χ4n) is 2.75. The zero-order chi connectivity index (χ0) is 14.9. The summed E-state index contributed by atoms with van der Waals surface area (Å²) in [6.45, 7) is 0.834. The number of hydrogen-bond donors (Lipinski definition) is 2. The number of hydrogen-bond acceptors (Lipinski definition) is 4. The lowest BCUT2D eigenvalue weighted by Crippen LogP contribution is -2.38. The summed E-state index contributed by atoms with van der Waals surface area (Å²) in [5.74, 6) is 0.611. The summed E-state index contributed by atoms with van der Waals surface area (Å²) in [7, 11) is -2.78. The quantitative estimate of drug-likeness (QED) is 0.841. The molecule has 0 saturated carbocycles. The van der Waals surface area contributed by atoms with Gasteiger partial charge in [0.05, 0.1) is 11.5 Å². The van der Waals surface area contributed by atoms with Gasteiger partial charge in [-0.05, 0) is 43.5 Å². The van der Waals surface area contributed by atoms with Crippen molar-refractivity contribution in [1.29, 1.82) is 0 Å². The lowest BCUT2D eigenvalue weighted by atomic mass is 10.1. The number of nitrogens with zero attached hydrogens (tertiary/aromatic N) is 1. The van der Waals surface area contributed by atoms with Crippen LogP contribution in [0.5, 0.6) is 0 Å². The van der Waals surface area contributed by atoms with Gasteiger partial charge in [-0.15, -0.1) is 0 Å². The van der Waals surface area contributed by atoms with Crippen molar-refractivity contribution in [2.24, 2.45) is 0 Å². The van der Waals surface area contributed by atoms with E-state index in [0.29, 0.717) is 35.5 Å². The van der Waals surface area contributed by atoms with E-state index in [-0.39, 0.29) is 0 Å². The van der Waals surface area contributed by atoms with Crippen molar-refractivity contribution >= 4 is 32.5 Å². The molecule has 0 aliphatic carbocycles. The van der Waals surface area contributed by atoms with E-state index < -0.39 is 9.84 Å². The third-order valence-electron chi connectivity index (χ3n) is 3.97. The molecule has 0 spiro atoms. The van der Waals surface area contributed by atoms with Crippen molar-refractivity contribution < 1.29 is 8.42 Å². The summed E-state index contributed by atoms with van der Waals surface area (Å²) in [5.41, 5.74) is 2.01. The van der Waals surface area contributed by atoms with Gasteiger partial charge in [0.1, 0.15) is 20.6 Å². The number of aromatic nitrogens is 2. The Morgan fingerprint density at radius 3 is 2.86 bits per heavy atom. The molecule has 0 aromatic carbocycles. The Bertz CT molecular complexity index is 728. The Labute approximate surface area is 129 Å². The summed E-state index contributed by atoms with van der Waals surface area (Å²) < 4.78 is 22.8. The Morgan fingerprint density at radius 2 is 2.10 bits per heavy atom. The molecule has 114 valence electrons. The van der Waals surface area contributed by atoms with Crippen LogP contribution in [0.2, 0.25) is 5.15 Å². The van der Waals surface area contributed by atoms with Crippen LogP contribution in [0.1, 0.15) is 18.4 Å². The molecular formula is C14H18ClN3O2S. The highest BCUT2D eigenvalue weighted by molar-refractivity contribution is 7.91. The maximum atomic E-state index is 11.4. The summed E-state index contributed by atoms with van der Waals surface area (Å²) in [5, 5.41) is 5.02. The molecule has 1 saturated heterocycles. The number of sulfone groups is 1. The van der Waals surface area contributed by atoms with Gasteiger partial charge in [0.2, 0.25) is 0 Å². The average Bonchev–Trinajstić information content (AvgIpc) is 2.83. The highest BCUT2D eigenvalue weighted by atomic mass is 35.5. The van der Waals surface area contributed by atoms with Crippen molar-refractivity contribution in [2.45, 2.75) is 25.3 Å². The normalized spacial score (nSPS) is 19.1. The molecule has 1 fully saturated rings. The van der Waals surface area contributed by atoms with Crippen LogP contribution in [0.15, 0.2) is 18.3 Å². The molecule has 2 aromatic rings. The average molecular weight is 328 g/mol. The zero-order valence-corrected chi connectivity index (χ0v) is 13.2. The number of H-pyrrole nitrogens is 1. The van der Waals surface area contributed by atoms with Crippen molar-refractivity contribution in [3.05, 3.63) is 29.0 Å². The van der Waals surface area contributed by atoms with Gasteiger partial charge >= 0.3 is 0 Å². The van der Waals surface area contributed by atoms with E-state index in [9.17, 15) is 8.42 Å². The Morgan fingerprint density at radius 1 is 1.33 bits per heavy atom. The first-order valence-electron chi connectivity index (χ1n) is 7.10. The van der Waals surface area contributed by atoms with Crippen LogP contribution in [-0.4, -0.2) is 42.5 Å². The maximum Gasteiger partial charge on any atom is 0.150 e.